The van der Waals surface area contributed by atoms with Crippen molar-refractivity contribution in [2.45, 2.75) is 123 Å². The molecule has 0 bridgehead atoms. The second-order valence-corrected chi connectivity index (χ2v) is 18.0. The van der Waals surface area contributed by atoms with E-state index < -0.39 is 26.7 Å². The summed E-state index contributed by atoms with van der Waals surface area (Å²) >= 11 is 0. The van der Waals surface area contributed by atoms with Crippen LogP contribution in [0.5, 0.6) is 0 Å². The van der Waals surface area contributed by atoms with Crippen molar-refractivity contribution in [1.29, 1.82) is 0 Å². The topological polar surface area (TPSA) is 133 Å². The predicted molar refractivity (Wildman–Crippen MR) is 186 cm³/mol. The number of aliphatic imine (C=N–C) groups is 1. The number of sulfone groups is 1. The van der Waals surface area contributed by atoms with Crippen LogP contribution in [0.2, 0.25) is 0 Å². The Morgan fingerprint density at radius 3 is 2.15 bits per heavy atom. The van der Waals surface area contributed by atoms with Crippen LogP contribution in [-0.2, 0) is 19.4 Å². The maximum Gasteiger partial charge on any atom is 0.305 e. The Balaban J connectivity index is 2.09. The molecule has 1 unspecified atom stereocenters. The van der Waals surface area contributed by atoms with Gasteiger partial charge in [0.2, 0.25) is 0 Å². The predicted octanol–water partition coefficient (Wildman–Crippen LogP) is 7.20. The summed E-state index contributed by atoms with van der Waals surface area (Å²) < 4.78 is 26.1. The smallest absolute Gasteiger partial charge is 0.305 e. The van der Waals surface area contributed by atoms with Crippen molar-refractivity contribution in [2.75, 3.05) is 6.54 Å². The van der Waals surface area contributed by atoms with Gasteiger partial charge in [0.25, 0.3) is 11.8 Å². The van der Waals surface area contributed by atoms with Crippen LogP contribution < -0.4 is 5.32 Å². The third kappa shape index (κ3) is 9.98. The van der Waals surface area contributed by atoms with Gasteiger partial charge in [-0.2, -0.15) is 0 Å². The number of hydrogen-bond donors (Lipinski definition) is 2. The zero-order chi connectivity index (χ0) is 35.4. The summed E-state index contributed by atoms with van der Waals surface area (Å²) in [6.45, 7) is 18.3. The Hall–Kier alpha value is -3.53. The highest BCUT2D eigenvalue weighted by atomic mass is 32.2. The molecule has 2 aromatic carbocycles. The largest absolute Gasteiger partial charge is 0.481 e. The fraction of sp³-hybridized carbons (Fsp3) is 0.568. The number of carboxylic acid groups (broad SMARTS) is 1. The summed E-state index contributed by atoms with van der Waals surface area (Å²) in [4.78, 5) is 45.3. The van der Waals surface area contributed by atoms with Crippen LogP contribution in [0.4, 0.5) is 0 Å². The normalized spacial score (nSPS) is 18.0. The number of hydrogen-bond acceptors (Lipinski definition) is 6. The van der Waals surface area contributed by atoms with Gasteiger partial charge in [-0.3, -0.25) is 19.4 Å². The molecule has 0 spiro atoms. The first-order chi connectivity index (χ1) is 21.6. The van der Waals surface area contributed by atoms with Crippen LogP contribution >= 0.6 is 0 Å². The lowest BCUT2D eigenvalue weighted by Crippen LogP contribution is -2.47. The van der Waals surface area contributed by atoms with Crippen LogP contribution in [0.15, 0.2) is 58.4 Å². The number of benzene rings is 2. The van der Waals surface area contributed by atoms with E-state index in [1.54, 1.807) is 50.2 Å². The van der Waals surface area contributed by atoms with Gasteiger partial charge >= 0.3 is 5.97 Å². The lowest BCUT2D eigenvalue weighted by atomic mass is 9.84. The fourth-order valence-corrected chi connectivity index (χ4v) is 6.92. The lowest BCUT2D eigenvalue weighted by Gasteiger charge is -2.41. The molecule has 2 aromatic rings. The third-order valence-corrected chi connectivity index (χ3v) is 10.7. The number of nitrogens with one attached hydrogen (secondary N) is 1. The summed E-state index contributed by atoms with van der Waals surface area (Å²) in [6.07, 6.45) is 3.70. The molecule has 0 fully saturated rings. The van der Waals surface area contributed by atoms with E-state index in [1.807, 2.05) is 24.0 Å². The third-order valence-electron chi connectivity index (χ3n) is 8.59. The Kier molecular flexibility index (Phi) is 11.9. The SMILES string of the molecule is CC(C)S(=O)(=O)c1cccc(C2=NC(C)(CCCC(C)(C)C)N([C@H](CCC(C)(C)C)c3ccc(C(=O)NCCC(=O)O)cc3)C2=O)c1. The standard InChI is InChI=1S/C37H53N3O6S/c1-25(2)47(45,46)29-13-10-12-28(24-29)32-34(44)40(37(9,39-32)21-11-20-35(3,4)5)30(18-22-36(6,7)8)26-14-16-27(17-15-26)33(43)38-23-19-31(41)42/h10,12-17,24-25,30H,11,18-23H2,1-9H3,(H,38,43)(H,41,42)/t30-,37?/m1/s1. The molecule has 2 N–H and O–H groups in total. The molecule has 10 heteroatoms. The summed E-state index contributed by atoms with van der Waals surface area (Å²) in [5, 5.41) is 10.9. The minimum absolute atomic E-state index is 0.0170. The Bertz CT molecular complexity index is 1580. The van der Waals surface area contributed by atoms with Gasteiger partial charge in [-0.25, -0.2) is 8.42 Å². The molecule has 0 radical (unpaired) electrons. The van der Waals surface area contributed by atoms with Crippen molar-refractivity contribution in [1.82, 2.24) is 10.2 Å². The van der Waals surface area contributed by atoms with E-state index in [4.69, 9.17) is 10.1 Å². The highest BCUT2D eigenvalue weighted by Crippen LogP contribution is 2.43. The number of carbonyl (C=O) groups is 3. The van der Waals surface area contributed by atoms with Crippen LogP contribution in [0.1, 0.15) is 128 Å². The summed E-state index contributed by atoms with van der Waals surface area (Å²) in [7, 11) is -3.57. The molecule has 0 aliphatic carbocycles. The van der Waals surface area contributed by atoms with E-state index in [1.165, 1.54) is 0 Å². The molecule has 1 heterocycles. The van der Waals surface area contributed by atoms with Crippen molar-refractivity contribution in [3.05, 3.63) is 65.2 Å². The minimum atomic E-state index is -3.57. The fourth-order valence-electron chi connectivity index (χ4n) is 5.82. The number of rotatable bonds is 14. The maximum atomic E-state index is 14.6. The van der Waals surface area contributed by atoms with Crippen LogP contribution in [0, 0.1) is 10.8 Å². The van der Waals surface area contributed by atoms with Crippen molar-refractivity contribution in [2.24, 2.45) is 15.8 Å². The first kappa shape index (κ1) is 37.9. The molecular weight excluding hydrogens is 614 g/mol. The second-order valence-electron chi connectivity index (χ2n) is 15.5. The average molecular weight is 668 g/mol. The Morgan fingerprint density at radius 1 is 0.979 bits per heavy atom. The number of nitrogens with zero attached hydrogens (tertiary/aromatic N) is 2. The lowest BCUT2D eigenvalue weighted by molar-refractivity contribution is -0.137. The maximum absolute atomic E-state index is 14.6. The second kappa shape index (κ2) is 14.7. The molecule has 3 rings (SSSR count). The number of carboxylic acids is 1. The van der Waals surface area contributed by atoms with Gasteiger partial charge in [0.1, 0.15) is 11.4 Å². The van der Waals surface area contributed by atoms with Gasteiger partial charge in [0, 0.05) is 17.7 Å². The van der Waals surface area contributed by atoms with E-state index in [9.17, 15) is 22.8 Å². The van der Waals surface area contributed by atoms with E-state index in [-0.39, 0.29) is 52.3 Å². The van der Waals surface area contributed by atoms with Gasteiger partial charge < -0.3 is 15.3 Å². The van der Waals surface area contributed by atoms with Crippen LogP contribution in [0.25, 0.3) is 0 Å². The monoisotopic (exact) mass is 667 g/mol. The first-order valence-electron chi connectivity index (χ1n) is 16.5. The van der Waals surface area contributed by atoms with E-state index in [0.29, 0.717) is 24.0 Å². The minimum Gasteiger partial charge on any atom is -0.481 e. The van der Waals surface area contributed by atoms with Gasteiger partial charge in [-0.1, -0.05) is 65.8 Å². The summed E-state index contributed by atoms with van der Waals surface area (Å²) in [6, 6.07) is 13.3. The number of carbonyl (C=O) groups excluding carboxylic acids is 2. The molecule has 1 aliphatic heterocycles. The highest BCUT2D eigenvalue weighted by molar-refractivity contribution is 7.92. The molecule has 9 nitrogen and oxygen atoms in total. The van der Waals surface area contributed by atoms with Crippen molar-refractivity contribution in [3.63, 3.8) is 0 Å². The summed E-state index contributed by atoms with van der Waals surface area (Å²) in [5.74, 6) is -1.61. The number of aliphatic carboxylic acids is 1. The van der Waals surface area contributed by atoms with Crippen molar-refractivity contribution < 1.29 is 27.9 Å². The van der Waals surface area contributed by atoms with Gasteiger partial charge in [-0.15, -0.1) is 0 Å². The summed E-state index contributed by atoms with van der Waals surface area (Å²) in [5.41, 5.74) is 1.18. The highest BCUT2D eigenvalue weighted by Gasteiger charge is 2.47. The van der Waals surface area contributed by atoms with Gasteiger partial charge in [0.15, 0.2) is 9.84 Å². The zero-order valence-electron chi connectivity index (χ0n) is 29.5. The molecule has 0 aromatic heterocycles. The Labute approximate surface area is 281 Å². The molecule has 258 valence electrons. The van der Waals surface area contributed by atoms with E-state index >= 15 is 0 Å². The first-order valence-corrected chi connectivity index (χ1v) is 18.1. The average Bonchev–Trinajstić information content (AvgIpc) is 3.22. The van der Waals surface area contributed by atoms with Crippen molar-refractivity contribution >= 4 is 33.3 Å². The van der Waals surface area contributed by atoms with Crippen LogP contribution in [-0.4, -0.2) is 59.4 Å². The molecule has 2 amide bonds. The quantitative estimate of drug-likeness (QED) is 0.219. The van der Waals surface area contributed by atoms with Crippen LogP contribution in [0.3, 0.4) is 0 Å². The Morgan fingerprint density at radius 2 is 1.60 bits per heavy atom. The van der Waals surface area contributed by atoms with E-state index in [0.717, 1.165) is 24.8 Å². The van der Waals surface area contributed by atoms with Gasteiger partial charge in [-0.05, 0) is 93.5 Å². The van der Waals surface area contributed by atoms with Gasteiger partial charge in [0.05, 0.1) is 22.6 Å². The number of amides is 2. The van der Waals surface area contributed by atoms with E-state index in [2.05, 4.69) is 46.9 Å². The molecule has 47 heavy (non-hydrogen) atoms. The molecule has 2 atom stereocenters. The molecule has 1 aliphatic rings. The molecule has 0 saturated heterocycles. The molecular formula is C37H53N3O6S. The van der Waals surface area contributed by atoms with Crippen molar-refractivity contribution in [3.8, 4) is 0 Å². The molecule has 0 saturated carbocycles. The zero-order valence-corrected chi connectivity index (χ0v) is 30.3.